The van der Waals surface area contributed by atoms with Crippen molar-refractivity contribution in [3.63, 3.8) is 0 Å². The van der Waals surface area contributed by atoms with Gasteiger partial charge in [0.05, 0.1) is 29.6 Å². The Morgan fingerprint density at radius 2 is 1.82 bits per heavy atom. The Bertz CT molecular complexity index is 1630. The van der Waals surface area contributed by atoms with Crippen LogP contribution in [0, 0.1) is 23.4 Å². The molecular formula is C32H36F3N3O5S. The number of nitrogens with two attached hydrogens (primary N) is 1. The summed E-state index contributed by atoms with van der Waals surface area (Å²) in [4.78, 5) is 21.6. The van der Waals surface area contributed by atoms with Crippen LogP contribution in [0.1, 0.15) is 72.1 Å². The van der Waals surface area contributed by atoms with Gasteiger partial charge in [0, 0.05) is 31.1 Å². The third kappa shape index (κ3) is 6.88. The van der Waals surface area contributed by atoms with Crippen molar-refractivity contribution in [1.29, 1.82) is 0 Å². The molecule has 0 unspecified atom stereocenters. The average Bonchev–Trinajstić information content (AvgIpc) is 2.93. The fraction of sp³-hybridized carbons (Fsp3) is 0.469. The molecule has 0 saturated heterocycles. The first kappa shape index (κ1) is 32.2. The van der Waals surface area contributed by atoms with Gasteiger partial charge in [-0.1, -0.05) is 6.92 Å². The number of carbonyl (C=O) groups is 1. The summed E-state index contributed by atoms with van der Waals surface area (Å²) < 4.78 is 73.9. The van der Waals surface area contributed by atoms with Crippen molar-refractivity contribution in [2.24, 2.45) is 11.7 Å². The number of pyridine rings is 2. The minimum Gasteiger partial charge on any atom is -0.385 e. The van der Waals surface area contributed by atoms with Gasteiger partial charge in [0.1, 0.15) is 38.7 Å². The van der Waals surface area contributed by atoms with Crippen LogP contribution < -0.4 is 5.73 Å². The van der Waals surface area contributed by atoms with Crippen molar-refractivity contribution in [1.82, 2.24) is 9.97 Å². The number of carbonyl (C=O) groups excluding carboxylic acids is 1. The molecule has 2 fully saturated rings. The molecule has 1 aromatic carbocycles. The topological polar surface area (TPSA) is 132 Å². The summed E-state index contributed by atoms with van der Waals surface area (Å²) in [5.74, 6) is -3.73. The summed E-state index contributed by atoms with van der Waals surface area (Å²) in [5, 5.41) is 10.5. The van der Waals surface area contributed by atoms with E-state index in [0.29, 0.717) is 31.2 Å². The Kier molecular flexibility index (Phi) is 9.27. The highest BCUT2D eigenvalue weighted by molar-refractivity contribution is 7.90. The van der Waals surface area contributed by atoms with Crippen LogP contribution in [0.3, 0.4) is 0 Å². The van der Waals surface area contributed by atoms with Gasteiger partial charge in [0.25, 0.3) is 0 Å². The number of benzene rings is 1. The van der Waals surface area contributed by atoms with Crippen LogP contribution in [0.5, 0.6) is 0 Å². The van der Waals surface area contributed by atoms with Gasteiger partial charge in [-0.3, -0.25) is 9.78 Å². The molecule has 2 heterocycles. The molecule has 2 aliphatic carbocycles. The average molecular weight is 632 g/mol. The molecule has 0 bridgehead atoms. The van der Waals surface area contributed by atoms with Crippen molar-refractivity contribution in [3.05, 3.63) is 82.6 Å². The van der Waals surface area contributed by atoms with Crippen LogP contribution >= 0.6 is 0 Å². The van der Waals surface area contributed by atoms with E-state index >= 15 is 8.78 Å². The van der Waals surface area contributed by atoms with Crippen molar-refractivity contribution < 1.29 is 36.2 Å². The maximum absolute atomic E-state index is 15.1. The fourth-order valence-corrected chi connectivity index (χ4v) is 6.73. The van der Waals surface area contributed by atoms with Crippen molar-refractivity contribution in [2.45, 2.75) is 69.1 Å². The maximum Gasteiger partial charge on any atom is 0.185 e. The summed E-state index contributed by atoms with van der Waals surface area (Å²) >= 11 is 0. The van der Waals surface area contributed by atoms with Gasteiger partial charge in [-0.15, -0.1) is 0 Å². The molecule has 44 heavy (non-hydrogen) atoms. The molecule has 2 aliphatic rings. The van der Waals surface area contributed by atoms with Gasteiger partial charge < -0.3 is 15.6 Å². The van der Waals surface area contributed by atoms with Crippen molar-refractivity contribution in [2.75, 3.05) is 18.6 Å². The molecule has 2 saturated carbocycles. The molecule has 0 amide bonds. The second kappa shape index (κ2) is 12.7. The van der Waals surface area contributed by atoms with E-state index in [9.17, 15) is 22.7 Å². The van der Waals surface area contributed by atoms with Crippen LogP contribution in [0.2, 0.25) is 0 Å². The van der Waals surface area contributed by atoms with Crippen LogP contribution in [0.25, 0.3) is 11.3 Å². The summed E-state index contributed by atoms with van der Waals surface area (Å²) in [6.07, 6.45) is 6.62. The van der Waals surface area contributed by atoms with Crippen LogP contribution in [-0.4, -0.2) is 60.0 Å². The maximum atomic E-state index is 15.1. The number of halogens is 3. The van der Waals surface area contributed by atoms with E-state index in [1.54, 1.807) is 12.4 Å². The lowest BCUT2D eigenvalue weighted by molar-refractivity contribution is -0.0392. The van der Waals surface area contributed by atoms with Crippen molar-refractivity contribution in [3.8, 4) is 11.3 Å². The molecule has 12 heteroatoms. The summed E-state index contributed by atoms with van der Waals surface area (Å²) in [6, 6.07) is 5.58. The second-order valence-corrected chi connectivity index (χ2v) is 14.4. The summed E-state index contributed by atoms with van der Waals surface area (Å²) in [6.45, 7) is 2.05. The largest absolute Gasteiger partial charge is 0.385 e. The van der Waals surface area contributed by atoms with Crippen LogP contribution in [0.15, 0.2) is 42.7 Å². The van der Waals surface area contributed by atoms with E-state index in [-0.39, 0.29) is 54.0 Å². The highest BCUT2D eigenvalue weighted by Crippen LogP contribution is 2.43. The van der Waals surface area contributed by atoms with E-state index in [0.717, 1.165) is 36.4 Å². The van der Waals surface area contributed by atoms with E-state index in [2.05, 4.69) is 9.97 Å². The first-order valence-corrected chi connectivity index (χ1v) is 16.7. The highest BCUT2D eigenvalue weighted by atomic mass is 32.2. The van der Waals surface area contributed by atoms with Gasteiger partial charge in [0.2, 0.25) is 0 Å². The van der Waals surface area contributed by atoms with E-state index in [1.807, 2.05) is 13.0 Å². The zero-order valence-corrected chi connectivity index (χ0v) is 25.4. The van der Waals surface area contributed by atoms with Gasteiger partial charge in [-0.2, -0.15) is 0 Å². The van der Waals surface area contributed by atoms with Gasteiger partial charge in [0.15, 0.2) is 5.78 Å². The number of nitrogens with zero attached hydrogens (tertiary/aromatic N) is 2. The Labute approximate surface area is 254 Å². The normalized spacial score (nSPS) is 23.2. The monoisotopic (exact) mass is 631 g/mol. The number of aliphatic hydroxyl groups is 1. The molecule has 0 spiro atoms. The number of hydrogen-bond donors (Lipinski definition) is 2. The van der Waals surface area contributed by atoms with Gasteiger partial charge in [-0.25, -0.2) is 26.6 Å². The number of sulfone groups is 1. The molecule has 3 aromatic rings. The first-order valence-electron chi connectivity index (χ1n) is 14.7. The number of rotatable bonds is 10. The van der Waals surface area contributed by atoms with E-state index < -0.39 is 49.9 Å². The minimum absolute atomic E-state index is 0.0162. The Morgan fingerprint density at radius 3 is 2.43 bits per heavy atom. The molecule has 3 N–H and O–H groups in total. The predicted molar refractivity (Wildman–Crippen MR) is 158 cm³/mol. The van der Waals surface area contributed by atoms with Gasteiger partial charge >= 0.3 is 0 Å². The second-order valence-electron chi connectivity index (χ2n) is 12.2. The number of ether oxygens (including phenoxy) is 1. The number of Topliss-reactive ketones (excluding diaryl/α,β-unsaturated/α-hetero) is 1. The molecular weight excluding hydrogens is 595 g/mol. The first-order chi connectivity index (χ1) is 20.8. The quantitative estimate of drug-likeness (QED) is 0.310. The lowest BCUT2D eigenvalue weighted by Gasteiger charge is -2.39. The summed E-state index contributed by atoms with van der Waals surface area (Å²) in [7, 11) is -3.16. The van der Waals surface area contributed by atoms with Gasteiger partial charge in [-0.05, 0) is 91.0 Å². The Morgan fingerprint density at radius 1 is 1.11 bits per heavy atom. The molecule has 8 nitrogen and oxygen atoms in total. The van der Waals surface area contributed by atoms with Crippen LogP contribution in [-0.2, 0) is 26.6 Å². The zero-order chi connectivity index (χ0) is 31.8. The predicted octanol–water partition coefficient (Wildman–Crippen LogP) is 4.63. The number of ketones is 1. The fourth-order valence-electron chi connectivity index (χ4n) is 6.33. The standard InChI is InChI=1S/C32H36F3N3O5S/c1-18-12-19(13-26(36)31(18)43-10-11-44(2,41)42)22-6-9-37-17-20(22)14-28(39)27-5-4-23(33)30(38-27)29-24(34)15-21(16-25(29)35)32(40)7-3-8-32/h4-6,9,15-19,26,31,40H,3,7-8,10-14,36H2,1-2H3/t18-,19+,26+,31-/m0/s1. The lowest BCUT2D eigenvalue weighted by Crippen LogP contribution is -2.47. The van der Waals surface area contributed by atoms with Crippen molar-refractivity contribution >= 4 is 15.6 Å². The molecule has 5 rings (SSSR count). The Hall–Kier alpha value is -3.19. The van der Waals surface area contributed by atoms with E-state index in [4.69, 9.17) is 10.5 Å². The third-order valence-corrected chi connectivity index (χ3v) is 9.73. The summed E-state index contributed by atoms with van der Waals surface area (Å²) in [5.41, 5.74) is 5.25. The zero-order valence-electron chi connectivity index (χ0n) is 24.6. The molecule has 4 atom stereocenters. The third-order valence-electron chi connectivity index (χ3n) is 8.82. The smallest absolute Gasteiger partial charge is 0.185 e. The molecule has 0 radical (unpaired) electrons. The lowest BCUT2D eigenvalue weighted by atomic mass is 9.73. The number of hydrogen-bond acceptors (Lipinski definition) is 8. The van der Waals surface area contributed by atoms with E-state index in [1.165, 1.54) is 6.07 Å². The minimum atomic E-state index is -3.16. The molecule has 236 valence electrons. The Balaban J connectivity index is 1.34. The molecule has 2 aromatic heterocycles. The number of aromatic nitrogens is 2. The highest BCUT2D eigenvalue weighted by Gasteiger charge is 2.38. The molecule has 0 aliphatic heterocycles. The van der Waals surface area contributed by atoms with Crippen LogP contribution in [0.4, 0.5) is 13.2 Å². The SMILES string of the molecule is C[C@H]1C[C@@H](c2ccncc2CC(=O)c2ccc(F)c(-c3c(F)cc(C4(O)CCC4)cc3F)n2)C[C@@H](N)[C@H]1OCCS(C)(=O)=O.